The van der Waals surface area contributed by atoms with Crippen molar-refractivity contribution in [2.45, 2.75) is 13.0 Å². The van der Waals surface area contributed by atoms with Crippen molar-refractivity contribution in [3.05, 3.63) is 28.9 Å². The molecule has 2 aromatic rings. The highest BCUT2D eigenvalue weighted by Crippen LogP contribution is 2.33. The van der Waals surface area contributed by atoms with E-state index in [-0.39, 0.29) is 5.15 Å². The molecule has 0 aliphatic rings. The average molecular weight is 268 g/mol. The third-order valence-corrected chi connectivity index (χ3v) is 3.05. The average Bonchev–Trinajstić information content (AvgIpc) is 2.36. The molecule has 0 spiro atoms. The number of fused-ring (bicyclic) bond motifs is 1. The van der Waals surface area contributed by atoms with Crippen molar-refractivity contribution in [3.63, 3.8) is 0 Å². The van der Waals surface area contributed by atoms with Crippen molar-refractivity contribution in [2.75, 3.05) is 14.2 Å². The van der Waals surface area contributed by atoms with E-state index in [9.17, 15) is 5.11 Å². The van der Waals surface area contributed by atoms with E-state index in [4.69, 9.17) is 21.1 Å². The second-order valence-corrected chi connectivity index (χ2v) is 4.30. The number of pyridine rings is 1. The van der Waals surface area contributed by atoms with Gasteiger partial charge in [-0.15, -0.1) is 0 Å². The van der Waals surface area contributed by atoms with Gasteiger partial charge >= 0.3 is 0 Å². The summed E-state index contributed by atoms with van der Waals surface area (Å²) in [6, 6.07) is 5.36. The number of methoxy groups -OCH3 is 2. The maximum absolute atomic E-state index is 9.63. The first-order valence-corrected chi connectivity index (χ1v) is 5.85. The molecule has 1 N–H and O–H groups in total. The second-order valence-electron chi connectivity index (χ2n) is 3.95. The molecule has 0 saturated heterocycles. The van der Waals surface area contributed by atoms with Crippen LogP contribution < -0.4 is 9.47 Å². The van der Waals surface area contributed by atoms with Crippen LogP contribution >= 0.6 is 11.6 Å². The Kier molecular flexibility index (Phi) is 3.59. The van der Waals surface area contributed by atoms with Gasteiger partial charge in [0.05, 0.1) is 20.3 Å². The van der Waals surface area contributed by atoms with Crippen LogP contribution in [0.15, 0.2) is 18.2 Å². The van der Waals surface area contributed by atoms with E-state index < -0.39 is 6.10 Å². The van der Waals surface area contributed by atoms with Crippen molar-refractivity contribution in [1.29, 1.82) is 0 Å². The van der Waals surface area contributed by atoms with Crippen LogP contribution in [-0.2, 0) is 0 Å². The Morgan fingerprint density at radius 2 is 1.94 bits per heavy atom. The van der Waals surface area contributed by atoms with Gasteiger partial charge in [0.2, 0.25) is 0 Å². The summed E-state index contributed by atoms with van der Waals surface area (Å²) in [6.07, 6.45) is -0.674. The van der Waals surface area contributed by atoms with Crippen LogP contribution in [-0.4, -0.2) is 24.3 Å². The zero-order valence-corrected chi connectivity index (χ0v) is 11.2. The molecule has 96 valence electrons. The Balaban J connectivity index is 2.75. The molecule has 0 saturated carbocycles. The van der Waals surface area contributed by atoms with Crippen LogP contribution in [0.2, 0.25) is 5.15 Å². The molecule has 2 rings (SSSR count). The van der Waals surface area contributed by atoms with Crippen molar-refractivity contribution >= 4 is 22.5 Å². The second kappa shape index (κ2) is 5.00. The van der Waals surface area contributed by atoms with Crippen LogP contribution in [0.4, 0.5) is 0 Å². The number of hydrogen-bond donors (Lipinski definition) is 1. The molecule has 0 aliphatic heterocycles. The first-order valence-electron chi connectivity index (χ1n) is 5.47. The van der Waals surface area contributed by atoms with Gasteiger partial charge in [-0.05, 0) is 19.1 Å². The number of aromatic nitrogens is 1. The molecule has 0 amide bonds. The topological polar surface area (TPSA) is 51.6 Å². The van der Waals surface area contributed by atoms with Crippen molar-refractivity contribution in [1.82, 2.24) is 4.98 Å². The zero-order chi connectivity index (χ0) is 13.3. The van der Waals surface area contributed by atoms with Gasteiger partial charge in [0.25, 0.3) is 0 Å². The number of benzene rings is 1. The normalized spacial score (nSPS) is 12.5. The first-order chi connectivity index (χ1) is 8.56. The molecule has 0 radical (unpaired) electrons. The van der Waals surface area contributed by atoms with Gasteiger partial charge in [0, 0.05) is 17.0 Å². The summed E-state index contributed by atoms with van der Waals surface area (Å²) in [5, 5.41) is 10.7. The standard InChI is InChI=1S/C13H14ClNO3/c1-7(16)10-5-8-4-9(17-2)6-11(18-3)12(8)15-13(10)14/h4-7,16H,1-3H3. The third kappa shape index (κ3) is 2.21. The lowest BCUT2D eigenvalue weighted by molar-refractivity contribution is 0.199. The molecule has 0 fully saturated rings. The first kappa shape index (κ1) is 12.9. The van der Waals surface area contributed by atoms with E-state index in [1.165, 1.54) is 0 Å². The molecule has 1 atom stereocenters. The summed E-state index contributed by atoms with van der Waals surface area (Å²) in [6.45, 7) is 1.64. The number of ether oxygens (including phenoxy) is 2. The van der Waals surface area contributed by atoms with E-state index in [0.29, 0.717) is 22.6 Å². The summed E-state index contributed by atoms with van der Waals surface area (Å²) in [4.78, 5) is 4.27. The number of rotatable bonds is 3. The fraction of sp³-hybridized carbons (Fsp3) is 0.308. The van der Waals surface area contributed by atoms with E-state index in [1.807, 2.05) is 6.07 Å². The van der Waals surface area contributed by atoms with Gasteiger partial charge in [0.15, 0.2) is 0 Å². The van der Waals surface area contributed by atoms with Crippen molar-refractivity contribution in [3.8, 4) is 11.5 Å². The maximum atomic E-state index is 9.63. The van der Waals surface area contributed by atoms with Crippen LogP contribution in [0.1, 0.15) is 18.6 Å². The smallest absolute Gasteiger partial charge is 0.148 e. The minimum Gasteiger partial charge on any atom is -0.497 e. The van der Waals surface area contributed by atoms with Crippen LogP contribution in [0.5, 0.6) is 11.5 Å². The van der Waals surface area contributed by atoms with Gasteiger partial charge in [-0.2, -0.15) is 0 Å². The third-order valence-electron chi connectivity index (χ3n) is 2.74. The lowest BCUT2D eigenvalue weighted by Crippen LogP contribution is -1.97. The maximum Gasteiger partial charge on any atom is 0.148 e. The predicted octanol–water partition coefficient (Wildman–Crippen LogP) is 2.96. The Labute approximate surface area is 110 Å². The molecule has 1 aromatic heterocycles. The molecule has 18 heavy (non-hydrogen) atoms. The quantitative estimate of drug-likeness (QED) is 0.869. The summed E-state index contributed by atoms with van der Waals surface area (Å²) >= 11 is 6.04. The Hall–Kier alpha value is -1.52. The molecular formula is C13H14ClNO3. The molecule has 4 nitrogen and oxygen atoms in total. The van der Waals surface area contributed by atoms with Crippen LogP contribution in [0.25, 0.3) is 10.9 Å². The molecule has 1 unspecified atom stereocenters. The molecule has 1 heterocycles. The van der Waals surface area contributed by atoms with Gasteiger partial charge in [-0.1, -0.05) is 11.6 Å². The van der Waals surface area contributed by atoms with E-state index in [1.54, 1.807) is 33.3 Å². The minimum absolute atomic E-state index is 0.279. The summed E-state index contributed by atoms with van der Waals surface area (Å²) in [7, 11) is 3.14. The SMILES string of the molecule is COc1cc(OC)c2nc(Cl)c(C(C)O)cc2c1. The molecule has 0 aliphatic carbocycles. The molecule has 0 bridgehead atoms. The number of halogens is 1. The molecular weight excluding hydrogens is 254 g/mol. The van der Waals surface area contributed by atoms with Crippen molar-refractivity contribution < 1.29 is 14.6 Å². The zero-order valence-electron chi connectivity index (χ0n) is 10.4. The highest BCUT2D eigenvalue weighted by Gasteiger charge is 2.13. The summed E-state index contributed by atoms with van der Waals surface area (Å²) < 4.78 is 10.5. The van der Waals surface area contributed by atoms with Crippen LogP contribution in [0, 0.1) is 0 Å². The highest BCUT2D eigenvalue weighted by molar-refractivity contribution is 6.30. The largest absolute Gasteiger partial charge is 0.497 e. The fourth-order valence-corrected chi connectivity index (χ4v) is 2.09. The monoisotopic (exact) mass is 267 g/mol. The number of aliphatic hydroxyl groups excluding tert-OH is 1. The van der Waals surface area contributed by atoms with E-state index in [2.05, 4.69) is 4.98 Å². The Morgan fingerprint density at radius 3 is 2.50 bits per heavy atom. The van der Waals surface area contributed by atoms with Crippen molar-refractivity contribution in [2.24, 2.45) is 0 Å². The minimum atomic E-state index is -0.674. The van der Waals surface area contributed by atoms with Gasteiger partial charge < -0.3 is 14.6 Å². The van der Waals surface area contributed by atoms with E-state index in [0.717, 1.165) is 5.39 Å². The van der Waals surface area contributed by atoms with Gasteiger partial charge in [-0.25, -0.2) is 4.98 Å². The highest BCUT2D eigenvalue weighted by atomic mass is 35.5. The molecule has 1 aromatic carbocycles. The number of nitrogens with zero attached hydrogens (tertiary/aromatic N) is 1. The predicted molar refractivity (Wildman–Crippen MR) is 70.5 cm³/mol. The Bertz CT molecular complexity index is 584. The van der Waals surface area contributed by atoms with Crippen LogP contribution in [0.3, 0.4) is 0 Å². The lowest BCUT2D eigenvalue weighted by Gasteiger charge is -2.12. The fourth-order valence-electron chi connectivity index (χ4n) is 1.79. The molecule has 5 heteroatoms. The van der Waals surface area contributed by atoms with E-state index >= 15 is 0 Å². The van der Waals surface area contributed by atoms with Gasteiger partial charge in [-0.3, -0.25) is 0 Å². The number of hydrogen-bond acceptors (Lipinski definition) is 4. The lowest BCUT2D eigenvalue weighted by atomic mass is 10.1. The number of aliphatic hydroxyl groups is 1. The van der Waals surface area contributed by atoms with Gasteiger partial charge in [0.1, 0.15) is 22.2 Å². The summed E-state index contributed by atoms with van der Waals surface area (Å²) in [5.41, 5.74) is 1.23. The Morgan fingerprint density at radius 1 is 1.22 bits per heavy atom. The summed E-state index contributed by atoms with van der Waals surface area (Å²) in [5.74, 6) is 1.25.